The predicted octanol–water partition coefficient (Wildman–Crippen LogP) is 6.91. The fourth-order valence-electron chi connectivity index (χ4n) is 3.62. The number of anilines is 1. The summed E-state index contributed by atoms with van der Waals surface area (Å²) >= 11 is 0. The number of hydrogen-bond acceptors (Lipinski definition) is 5. The highest BCUT2D eigenvalue weighted by Crippen LogP contribution is 2.39. The number of phenolic OH excluding ortho intramolecular Hbond substituents is 1. The minimum absolute atomic E-state index is 0.174. The van der Waals surface area contributed by atoms with Gasteiger partial charge in [0.1, 0.15) is 5.75 Å². The van der Waals surface area contributed by atoms with E-state index in [2.05, 4.69) is 82.0 Å². The fraction of sp³-hybridized carbons (Fsp3) is 0.593. The topological polar surface area (TPSA) is 70.4 Å². The normalized spacial score (nSPS) is 12.5. The lowest BCUT2D eigenvalue weighted by molar-refractivity contribution is 0.423. The molecule has 0 spiro atoms. The molecule has 1 aromatic carbocycles. The maximum Gasteiger partial charge on any atom is 0.243 e. The molecule has 0 bridgehead atoms. The number of hydrazone groups is 1. The standard InChI is InChI=1S/C27H42N4O/c1-9-11-13-20-17-21(14-12-10-2)30-25(29-20)31-28-18-19-15-22(26(3,4)5)24(32)23(16-19)27(6,7)8/h15-18,32H,9-14H2,1-8H3,(H,29,30,31). The monoisotopic (exact) mass is 438 g/mol. The van der Waals surface area contributed by atoms with E-state index in [0.717, 1.165) is 66.6 Å². The minimum atomic E-state index is -0.174. The molecular weight excluding hydrogens is 396 g/mol. The lowest BCUT2D eigenvalue weighted by atomic mass is 9.78. The van der Waals surface area contributed by atoms with Crippen LogP contribution in [0, 0.1) is 0 Å². The van der Waals surface area contributed by atoms with E-state index in [-0.39, 0.29) is 10.8 Å². The summed E-state index contributed by atoms with van der Waals surface area (Å²) in [4.78, 5) is 9.32. The maximum atomic E-state index is 10.9. The Kier molecular flexibility index (Phi) is 8.82. The molecule has 2 N–H and O–H groups in total. The zero-order chi connectivity index (χ0) is 23.9. The third-order valence-electron chi connectivity index (χ3n) is 5.53. The molecule has 0 aliphatic rings. The van der Waals surface area contributed by atoms with Gasteiger partial charge in [0, 0.05) is 22.5 Å². The largest absolute Gasteiger partial charge is 0.507 e. The molecule has 0 aliphatic carbocycles. The highest BCUT2D eigenvalue weighted by Gasteiger charge is 2.26. The zero-order valence-corrected chi connectivity index (χ0v) is 21.3. The van der Waals surface area contributed by atoms with Crippen LogP contribution in [0.2, 0.25) is 0 Å². The first-order valence-electron chi connectivity index (χ1n) is 12.0. The molecule has 5 nitrogen and oxygen atoms in total. The SMILES string of the molecule is CCCCc1cc(CCCC)nc(NN=Cc2cc(C(C)(C)C)c(O)c(C(C)(C)C)c2)n1. The van der Waals surface area contributed by atoms with E-state index in [9.17, 15) is 5.11 Å². The van der Waals surface area contributed by atoms with Crippen molar-refractivity contribution in [1.29, 1.82) is 0 Å². The Morgan fingerprint density at radius 1 is 0.844 bits per heavy atom. The van der Waals surface area contributed by atoms with Crippen LogP contribution in [-0.4, -0.2) is 21.3 Å². The molecular formula is C27H42N4O. The zero-order valence-electron chi connectivity index (χ0n) is 21.3. The van der Waals surface area contributed by atoms with E-state index < -0.39 is 0 Å². The number of nitrogens with one attached hydrogen (secondary N) is 1. The van der Waals surface area contributed by atoms with E-state index in [1.165, 1.54) is 0 Å². The van der Waals surface area contributed by atoms with Crippen molar-refractivity contribution in [3.63, 3.8) is 0 Å². The summed E-state index contributed by atoms with van der Waals surface area (Å²) < 4.78 is 0. The van der Waals surface area contributed by atoms with Crippen molar-refractivity contribution in [3.8, 4) is 5.75 Å². The van der Waals surface area contributed by atoms with E-state index in [1.54, 1.807) is 6.21 Å². The van der Waals surface area contributed by atoms with Crippen molar-refractivity contribution in [1.82, 2.24) is 9.97 Å². The van der Waals surface area contributed by atoms with Crippen molar-refractivity contribution < 1.29 is 5.11 Å². The Morgan fingerprint density at radius 2 is 1.31 bits per heavy atom. The third kappa shape index (κ3) is 7.32. The van der Waals surface area contributed by atoms with Gasteiger partial charge in [-0.15, -0.1) is 0 Å². The van der Waals surface area contributed by atoms with Crippen LogP contribution in [0.15, 0.2) is 23.3 Å². The van der Waals surface area contributed by atoms with Gasteiger partial charge in [-0.05, 0) is 60.3 Å². The molecule has 5 heteroatoms. The Hall–Kier alpha value is -2.43. The highest BCUT2D eigenvalue weighted by molar-refractivity contribution is 5.82. The summed E-state index contributed by atoms with van der Waals surface area (Å²) in [6, 6.07) is 6.16. The number of nitrogens with zero attached hydrogens (tertiary/aromatic N) is 3. The molecule has 0 radical (unpaired) electrons. The number of unbranched alkanes of at least 4 members (excludes halogenated alkanes) is 2. The second-order valence-electron chi connectivity index (χ2n) is 10.7. The molecule has 0 unspecified atom stereocenters. The summed E-state index contributed by atoms with van der Waals surface area (Å²) in [6.45, 7) is 17.1. The van der Waals surface area contributed by atoms with Crippen molar-refractivity contribution in [3.05, 3.63) is 46.3 Å². The number of benzene rings is 1. The van der Waals surface area contributed by atoms with Gasteiger partial charge in [0.2, 0.25) is 5.95 Å². The minimum Gasteiger partial charge on any atom is -0.507 e. The first kappa shape index (κ1) is 25.8. The molecule has 0 amide bonds. The Labute approximate surface area is 194 Å². The van der Waals surface area contributed by atoms with Crippen molar-refractivity contribution >= 4 is 12.2 Å². The molecule has 0 fully saturated rings. The average Bonchev–Trinajstić information content (AvgIpc) is 2.70. The quantitative estimate of drug-likeness (QED) is 0.330. The van der Waals surface area contributed by atoms with E-state index in [1.807, 2.05) is 12.1 Å². The van der Waals surface area contributed by atoms with Gasteiger partial charge in [0.25, 0.3) is 0 Å². The van der Waals surface area contributed by atoms with Crippen LogP contribution in [0.25, 0.3) is 0 Å². The Balaban J connectivity index is 2.33. The van der Waals surface area contributed by atoms with Crippen LogP contribution in [-0.2, 0) is 23.7 Å². The summed E-state index contributed by atoms with van der Waals surface area (Å²) in [5.41, 5.74) is 7.62. The van der Waals surface area contributed by atoms with Gasteiger partial charge >= 0.3 is 0 Å². The second kappa shape index (κ2) is 10.9. The highest BCUT2D eigenvalue weighted by atomic mass is 16.3. The fourth-order valence-corrected chi connectivity index (χ4v) is 3.62. The van der Waals surface area contributed by atoms with Gasteiger partial charge in [-0.2, -0.15) is 5.10 Å². The molecule has 0 aliphatic heterocycles. The number of rotatable bonds is 9. The van der Waals surface area contributed by atoms with E-state index in [0.29, 0.717) is 11.7 Å². The van der Waals surface area contributed by atoms with Crippen LogP contribution in [0.3, 0.4) is 0 Å². The number of hydrogen-bond donors (Lipinski definition) is 2. The molecule has 0 saturated carbocycles. The first-order chi connectivity index (χ1) is 15.0. The van der Waals surface area contributed by atoms with Crippen molar-refractivity contribution in [2.24, 2.45) is 5.10 Å². The molecule has 2 rings (SSSR count). The smallest absolute Gasteiger partial charge is 0.243 e. The lowest BCUT2D eigenvalue weighted by Crippen LogP contribution is -2.18. The average molecular weight is 439 g/mol. The summed E-state index contributed by atoms with van der Waals surface area (Å²) in [6.07, 6.45) is 8.22. The number of aryl methyl sites for hydroxylation is 2. The molecule has 32 heavy (non-hydrogen) atoms. The summed E-state index contributed by atoms with van der Waals surface area (Å²) in [5.74, 6) is 0.925. The van der Waals surface area contributed by atoms with Crippen LogP contribution in [0.5, 0.6) is 5.75 Å². The molecule has 176 valence electrons. The third-order valence-corrected chi connectivity index (χ3v) is 5.53. The van der Waals surface area contributed by atoms with Gasteiger partial charge in [-0.25, -0.2) is 15.4 Å². The Bertz CT molecular complexity index is 859. The van der Waals surface area contributed by atoms with E-state index >= 15 is 0 Å². The van der Waals surface area contributed by atoms with Crippen LogP contribution in [0.1, 0.15) is 109 Å². The van der Waals surface area contributed by atoms with Crippen molar-refractivity contribution in [2.75, 3.05) is 5.43 Å². The van der Waals surface area contributed by atoms with Gasteiger partial charge in [-0.3, -0.25) is 0 Å². The molecule has 0 saturated heterocycles. The van der Waals surface area contributed by atoms with Crippen LogP contribution < -0.4 is 5.43 Å². The molecule has 0 atom stereocenters. The summed E-state index contributed by atoms with van der Waals surface area (Å²) in [7, 11) is 0. The van der Waals surface area contributed by atoms with Crippen LogP contribution >= 0.6 is 0 Å². The van der Waals surface area contributed by atoms with Crippen LogP contribution in [0.4, 0.5) is 5.95 Å². The van der Waals surface area contributed by atoms with Gasteiger partial charge in [0.15, 0.2) is 0 Å². The predicted molar refractivity (Wildman–Crippen MR) is 136 cm³/mol. The van der Waals surface area contributed by atoms with Crippen molar-refractivity contribution in [2.45, 2.75) is 105 Å². The maximum absolute atomic E-state index is 10.9. The molecule has 2 aromatic rings. The molecule has 1 aromatic heterocycles. The first-order valence-corrected chi connectivity index (χ1v) is 12.0. The number of aromatic nitrogens is 2. The second-order valence-corrected chi connectivity index (χ2v) is 10.7. The van der Waals surface area contributed by atoms with Gasteiger partial charge in [-0.1, -0.05) is 68.2 Å². The Morgan fingerprint density at radius 3 is 1.72 bits per heavy atom. The van der Waals surface area contributed by atoms with Gasteiger partial charge in [0.05, 0.1) is 6.21 Å². The number of phenols is 1. The van der Waals surface area contributed by atoms with E-state index in [4.69, 9.17) is 0 Å². The summed E-state index contributed by atoms with van der Waals surface area (Å²) in [5, 5.41) is 15.4. The van der Waals surface area contributed by atoms with Gasteiger partial charge < -0.3 is 5.11 Å². The number of aromatic hydroxyl groups is 1. The lowest BCUT2D eigenvalue weighted by Gasteiger charge is -2.27. The molecule has 1 heterocycles.